The van der Waals surface area contributed by atoms with E-state index in [2.05, 4.69) is 47.2 Å². The third-order valence-corrected chi connectivity index (χ3v) is 7.42. The number of benzene rings is 4. The van der Waals surface area contributed by atoms with Gasteiger partial charge in [0.15, 0.2) is 11.5 Å². The molecule has 4 aromatic carbocycles. The molecule has 42 heavy (non-hydrogen) atoms. The SMILES string of the molecule is COC=O.COc1ccc([C@H]2C[C@@H](c3ccc4c(c3)OCO4)c3ccc(N)cc32)c(OCCOCc2ccccc2)c1. The Bertz CT molecular complexity index is 1490. The number of carbonyl (C=O) groups is 1. The highest BCUT2D eigenvalue weighted by atomic mass is 16.7. The van der Waals surface area contributed by atoms with Crippen molar-refractivity contribution in [2.75, 3.05) is 40.0 Å². The Morgan fingerprint density at radius 2 is 1.62 bits per heavy atom. The predicted molar refractivity (Wildman–Crippen MR) is 159 cm³/mol. The minimum atomic E-state index is 0.120. The Hall–Kier alpha value is -4.69. The van der Waals surface area contributed by atoms with Crippen molar-refractivity contribution < 1.29 is 33.2 Å². The summed E-state index contributed by atoms with van der Waals surface area (Å²) in [7, 11) is 2.98. The fourth-order valence-corrected chi connectivity index (χ4v) is 5.47. The van der Waals surface area contributed by atoms with Gasteiger partial charge in [0.05, 0.1) is 27.4 Å². The number of anilines is 1. The summed E-state index contributed by atoms with van der Waals surface area (Å²) < 4.78 is 32.7. The molecule has 1 aliphatic heterocycles. The van der Waals surface area contributed by atoms with Gasteiger partial charge in [0.2, 0.25) is 6.79 Å². The standard InChI is InChI=1S/C32H31NO5.C2H4O2/c1-34-24-9-11-26(31(17-24)36-14-13-35-19-21-5-3-2-4-6-21)29-18-27(25-10-8-23(33)16-28(25)29)22-7-12-30-32(15-22)38-20-37-30;1-4-2-3/h2-12,15-17,27,29H,13-14,18-20,33H2,1H3;2H,1H3/t27-,29+;/m0./s1. The van der Waals surface area contributed by atoms with Crippen molar-refractivity contribution in [3.63, 3.8) is 0 Å². The van der Waals surface area contributed by atoms with Gasteiger partial charge in [0, 0.05) is 29.2 Å². The Kier molecular flexibility index (Phi) is 9.46. The zero-order chi connectivity index (χ0) is 29.3. The molecule has 0 saturated heterocycles. The quantitative estimate of drug-likeness (QED) is 0.140. The molecule has 0 amide bonds. The van der Waals surface area contributed by atoms with Gasteiger partial charge in [-0.3, -0.25) is 4.79 Å². The Morgan fingerprint density at radius 3 is 2.40 bits per heavy atom. The molecule has 218 valence electrons. The summed E-state index contributed by atoms with van der Waals surface area (Å²) in [6.45, 7) is 2.12. The van der Waals surface area contributed by atoms with E-state index >= 15 is 0 Å². The molecular weight excluding hydrogens is 534 g/mol. The highest BCUT2D eigenvalue weighted by molar-refractivity contribution is 5.59. The van der Waals surface area contributed by atoms with Crippen LogP contribution < -0.4 is 24.7 Å². The number of nitrogens with two attached hydrogens (primary N) is 1. The number of carbonyl (C=O) groups excluding carboxylic acids is 1. The maximum Gasteiger partial charge on any atom is 0.292 e. The summed E-state index contributed by atoms with van der Waals surface area (Å²) in [5.41, 5.74) is 13.0. The second-order valence-electron chi connectivity index (χ2n) is 9.96. The summed E-state index contributed by atoms with van der Waals surface area (Å²) >= 11 is 0. The monoisotopic (exact) mass is 569 g/mol. The molecule has 0 unspecified atom stereocenters. The van der Waals surface area contributed by atoms with Gasteiger partial charge < -0.3 is 34.2 Å². The Labute approximate surface area is 245 Å². The molecule has 2 aliphatic rings. The van der Waals surface area contributed by atoms with E-state index in [0.717, 1.165) is 46.2 Å². The first kappa shape index (κ1) is 28.8. The fraction of sp³-hybridized carbons (Fsp3) is 0.265. The number of methoxy groups -OCH3 is 2. The number of fused-ring (bicyclic) bond motifs is 2. The lowest BCUT2D eigenvalue weighted by molar-refractivity contribution is -0.126. The molecule has 8 nitrogen and oxygen atoms in total. The lowest BCUT2D eigenvalue weighted by atomic mass is 9.90. The molecule has 2 atom stereocenters. The van der Waals surface area contributed by atoms with Crippen LogP contribution in [0.15, 0.2) is 84.9 Å². The van der Waals surface area contributed by atoms with Crippen LogP contribution in [-0.2, 0) is 20.9 Å². The fourth-order valence-electron chi connectivity index (χ4n) is 5.47. The van der Waals surface area contributed by atoms with E-state index in [-0.39, 0.29) is 18.6 Å². The van der Waals surface area contributed by atoms with Crippen LogP contribution in [0.4, 0.5) is 5.69 Å². The molecule has 0 bridgehead atoms. The third-order valence-electron chi connectivity index (χ3n) is 7.42. The topological polar surface area (TPSA) is 98.5 Å². The molecule has 6 rings (SSSR count). The lowest BCUT2D eigenvalue weighted by Gasteiger charge is -2.19. The molecular formula is C34H35NO7. The zero-order valence-electron chi connectivity index (χ0n) is 23.8. The van der Waals surface area contributed by atoms with Gasteiger partial charge in [0.1, 0.15) is 18.1 Å². The second-order valence-corrected chi connectivity index (χ2v) is 9.96. The van der Waals surface area contributed by atoms with E-state index < -0.39 is 0 Å². The Balaban J connectivity index is 0.000000830. The molecule has 0 spiro atoms. The summed E-state index contributed by atoms with van der Waals surface area (Å²) in [6, 6.07) is 28.7. The highest BCUT2D eigenvalue weighted by Gasteiger charge is 2.35. The van der Waals surface area contributed by atoms with E-state index in [1.54, 1.807) is 7.11 Å². The van der Waals surface area contributed by atoms with Crippen LogP contribution in [0.2, 0.25) is 0 Å². The number of rotatable bonds is 10. The molecule has 4 aromatic rings. The smallest absolute Gasteiger partial charge is 0.292 e. The molecule has 1 aliphatic carbocycles. The van der Waals surface area contributed by atoms with Crippen LogP contribution in [-0.4, -0.2) is 40.7 Å². The van der Waals surface area contributed by atoms with Crippen molar-refractivity contribution in [3.8, 4) is 23.0 Å². The minimum Gasteiger partial charge on any atom is -0.497 e. The number of ether oxygens (including phenoxy) is 6. The van der Waals surface area contributed by atoms with Crippen LogP contribution >= 0.6 is 0 Å². The summed E-state index contributed by atoms with van der Waals surface area (Å²) in [5, 5.41) is 0. The summed E-state index contributed by atoms with van der Waals surface area (Å²) in [5.74, 6) is 3.47. The molecule has 0 saturated carbocycles. The summed E-state index contributed by atoms with van der Waals surface area (Å²) in [4.78, 5) is 8.95. The number of hydrogen-bond acceptors (Lipinski definition) is 8. The van der Waals surface area contributed by atoms with E-state index in [4.69, 9.17) is 34.2 Å². The second kappa shape index (κ2) is 13.8. The van der Waals surface area contributed by atoms with Gasteiger partial charge in [-0.1, -0.05) is 48.5 Å². The van der Waals surface area contributed by atoms with Gasteiger partial charge in [-0.05, 0) is 59.0 Å². The van der Waals surface area contributed by atoms with E-state index in [1.165, 1.54) is 23.8 Å². The van der Waals surface area contributed by atoms with Crippen LogP contribution in [0.3, 0.4) is 0 Å². The molecule has 1 heterocycles. The summed E-state index contributed by atoms with van der Waals surface area (Å²) in [6.07, 6.45) is 0.894. The van der Waals surface area contributed by atoms with Crippen LogP contribution in [0, 0.1) is 0 Å². The van der Waals surface area contributed by atoms with Crippen molar-refractivity contribution in [3.05, 3.63) is 113 Å². The predicted octanol–water partition coefficient (Wildman–Crippen LogP) is 6.06. The van der Waals surface area contributed by atoms with Crippen molar-refractivity contribution in [1.29, 1.82) is 0 Å². The van der Waals surface area contributed by atoms with E-state index in [0.29, 0.717) is 26.3 Å². The average Bonchev–Trinajstić information content (AvgIpc) is 3.65. The van der Waals surface area contributed by atoms with Gasteiger partial charge in [-0.2, -0.15) is 0 Å². The molecule has 0 radical (unpaired) electrons. The van der Waals surface area contributed by atoms with Crippen LogP contribution in [0.5, 0.6) is 23.0 Å². The normalized spacial score (nSPS) is 16.1. The maximum absolute atomic E-state index is 8.95. The molecule has 2 N–H and O–H groups in total. The van der Waals surface area contributed by atoms with E-state index in [1.807, 2.05) is 42.5 Å². The van der Waals surface area contributed by atoms with Crippen molar-refractivity contribution in [2.45, 2.75) is 24.9 Å². The van der Waals surface area contributed by atoms with Gasteiger partial charge in [-0.15, -0.1) is 0 Å². The first-order valence-corrected chi connectivity index (χ1v) is 13.8. The molecule has 0 fully saturated rings. The van der Waals surface area contributed by atoms with Gasteiger partial charge in [-0.25, -0.2) is 0 Å². The van der Waals surface area contributed by atoms with E-state index in [9.17, 15) is 0 Å². The number of nitrogen functional groups attached to an aromatic ring is 1. The number of hydrogen-bond donors (Lipinski definition) is 1. The first-order valence-electron chi connectivity index (χ1n) is 13.8. The molecule has 8 heteroatoms. The zero-order valence-corrected chi connectivity index (χ0v) is 23.8. The average molecular weight is 570 g/mol. The van der Waals surface area contributed by atoms with Crippen molar-refractivity contribution in [2.24, 2.45) is 0 Å². The van der Waals surface area contributed by atoms with Gasteiger partial charge >= 0.3 is 0 Å². The highest BCUT2D eigenvalue weighted by Crippen LogP contribution is 2.52. The van der Waals surface area contributed by atoms with Gasteiger partial charge in [0.25, 0.3) is 6.47 Å². The van der Waals surface area contributed by atoms with Crippen molar-refractivity contribution in [1.82, 2.24) is 0 Å². The van der Waals surface area contributed by atoms with Crippen molar-refractivity contribution >= 4 is 12.2 Å². The van der Waals surface area contributed by atoms with Crippen LogP contribution in [0.1, 0.15) is 46.1 Å². The minimum absolute atomic E-state index is 0.120. The third kappa shape index (κ3) is 6.61. The lowest BCUT2D eigenvalue weighted by Crippen LogP contribution is -2.09. The van der Waals surface area contributed by atoms with Crippen LogP contribution in [0.25, 0.3) is 0 Å². The Morgan fingerprint density at radius 1 is 0.833 bits per heavy atom. The maximum atomic E-state index is 8.95. The largest absolute Gasteiger partial charge is 0.497 e. The first-order chi connectivity index (χ1) is 20.6. The molecule has 0 aromatic heterocycles.